The molecule has 1 saturated heterocycles. The van der Waals surface area contributed by atoms with Gasteiger partial charge in [0.15, 0.2) is 0 Å². The third-order valence-corrected chi connectivity index (χ3v) is 2.59. The fourth-order valence-electron chi connectivity index (χ4n) is 1.70. The number of carbonyl (C=O) groups is 1. The van der Waals surface area contributed by atoms with E-state index in [1.807, 2.05) is 30.9 Å². The Labute approximate surface area is 105 Å². The van der Waals surface area contributed by atoms with Crippen LogP contribution in [-0.2, 0) is 4.79 Å². The van der Waals surface area contributed by atoms with Crippen LogP contribution in [0.15, 0.2) is 37.1 Å². The predicted molar refractivity (Wildman–Crippen MR) is 73.7 cm³/mol. The van der Waals surface area contributed by atoms with E-state index in [-0.39, 0.29) is 5.91 Å². The Hall–Kier alpha value is -1.51. The zero-order valence-corrected chi connectivity index (χ0v) is 11.3. The average molecular weight is 236 g/mol. The molecular formula is C14H24N2O. The number of carbonyl (C=O) groups excluding carboxylic acids is 1. The normalized spacial score (nSPS) is 15.8. The van der Waals surface area contributed by atoms with Crippen molar-refractivity contribution in [1.82, 2.24) is 9.80 Å². The molecule has 96 valence electrons. The highest BCUT2D eigenvalue weighted by molar-refractivity contribution is 5.73. The molecule has 1 amide bonds. The van der Waals surface area contributed by atoms with Crippen LogP contribution in [0.3, 0.4) is 0 Å². The first-order valence-electron chi connectivity index (χ1n) is 6.14. The summed E-state index contributed by atoms with van der Waals surface area (Å²) >= 11 is 0. The molecule has 0 unspecified atom stereocenters. The Kier molecular flexibility index (Phi) is 7.85. The maximum absolute atomic E-state index is 11.1. The molecule has 1 fully saturated rings. The second-order valence-corrected chi connectivity index (χ2v) is 3.52. The van der Waals surface area contributed by atoms with Crippen molar-refractivity contribution in [3.63, 3.8) is 0 Å². The van der Waals surface area contributed by atoms with E-state index in [1.165, 1.54) is 0 Å². The van der Waals surface area contributed by atoms with Crippen LogP contribution in [0.1, 0.15) is 20.8 Å². The first-order valence-corrected chi connectivity index (χ1v) is 6.14. The van der Waals surface area contributed by atoms with Gasteiger partial charge in [0.2, 0.25) is 5.91 Å². The number of allylic oxidation sites excluding steroid dienone is 3. The lowest BCUT2D eigenvalue weighted by molar-refractivity contribution is -0.130. The van der Waals surface area contributed by atoms with Crippen molar-refractivity contribution in [1.29, 1.82) is 0 Å². The van der Waals surface area contributed by atoms with Gasteiger partial charge in [-0.15, -0.1) is 0 Å². The summed E-state index contributed by atoms with van der Waals surface area (Å²) in [6, 6.07) is 0. The topological polar surface area (TPSA) is 23.6 Å². The minimum atomic E-state index is 0.155. The Morgan fingerprint density at radius 3 is 1.88 bits per heavy atom. The van der Waals surface area contributed by atoms with Crippen molar-refractivity contribution in [2.45, 2.75) is 20.8 Å². The van der Waals surface area contributed by atoms with Crippen molar-refractivity contribution in [2.75, 3.05) is 26.2 Å². The van der Waals surface area contributed by atoms with Crippen LogP contribution < -0.4 is 0 Å². The minimum Gasteiger partial charge on any atom is -0.368 e. The van der Waals surface area contributed by atoms with Gasteiger partial charge in [-0.2, -0.15) is 0 Å². The number of nitrogens with zero attached hydrogens (tertiary/aromatic N) is 2. The average Bonchev–Trinajstić information content (AvgIpc) is 2.38. The van der Waals surface area contributed by atoms with E-state index >= 15 is 0 Å². The summed E-state index contributed by atoms with van der Waals surface area (Å²) in [5, 5.41) is 0. The van der Waals surface area contributed by atoms with Gasteiger partial charge in [0, 0.05) is 38.8 Å². The summed E-state index contributed by atoms with van der Waals surface area (Å²) in [6.07, 6.45) is 5.52. The van der Waals surface area contributed by atoms with Gasteiger partial charge in [0.1, 0.15) is 0 Å². The molecule has 1 aliphatic heterocycles. The lowest BCUT2D eigenvalue weighted by Gasteiger charge is -2.36. The summed E-state index contributed by atoms with van der Waals surface area (Å²) in [7, 11) is 0. The third-order valence-electron chi connectivity index (χ3n) is 2.59. The predicted octanol–water partition coefficient (Wildman–Crippen LogP) is 2.43. The zero-order valence-electron chi connectivity index (χ0n) is 11.3. The van der Waals surface area contributed by atoms with Crippen LogP contribution >= 0.6 is 0 Å². The van der Waals surface area contributed by atoms with E-state index in [0.29, 0.717) is 0 Å². The molecule has 0 atom stereocenters. The molecule has 0 saturated carbocycles. The molecule has 3 nitrogen and oxygen atoms in total. The van der Waals surface area contributed by atoms with Crippen molar-refractivity contribution in [3.8, 4) is 0 Å². The fourth-order valence-corrected chi connectivity index (χ4v) is 1.70. The van der Waals surface area contributed by atoms with Gasteiger partial charge in [-0.25, -0.2) is 0 Å². The first-order chi connectivity index (χ1) is 8.19. The monoisotopic (exact) mass is 236 g/mol. The van der Waals surface area contributed by atoms with E-state index in [0.717, 1.165) is 31.9 Å². The largest absolute Gasteiger partial charge is 0.368 e. The number of hydrogen-bond acceptors (Lipinski definition) is 2. The van der Waals surface area contributed by atoms with Gasteiger partial charge in [0.05, 0.1) is 0 Å². The van der Waals surface area contributed by atoms with E-state index in [2.05, 4.69) is 18.1 Å². The summed E-state index contributed by atoms with van der Waals surface area (Å²) in [6.45, 7) is 16.4. The van der Waals surface area contributed by atoms with E-state index in [4.69, 9.17) is 0 Å². The quantitative estimate of drug-likeness (QED) is 0.703. The van der Waals surface area contributed by atoms with Crippen molar-refractivity contribution in [3.05, 3.63) is 37.1 Å². The summed E-state index contributed by atoms with van der Waals surface area (Å²) in [5.74, 6) is 0.155. The summed E-state index contributed by atoms with van der Waals surface area (Å²) in [5.41, 5.74) is 1.08. The standard InChI is InChI=1S/C12H18N2O.C2H6/c1-4-6-12(5-2)14-9-7-13(8-10-14)11(3)15;1-2/h4-6H,1-2,7-10H2,3H3;1-2H3/b12-6+;. The van der Waals surface area contributed by atoms with Gasteiger partial charge in [-0.05, 0) is 12.2 Å². The van der Waals surface area contributed by atoms with Crippen LogP contribution in [0.2, 0.25) is 0 Å². The Balaban J connectivity index is 0.00000121. The van der Waals surface area contributed by atoms with Crippen LogP contribution in [-0.4, -0.2) is 41.9 Å². The Morgan fingerprint density at radius 2 is 1.53 bits per heavy atom. The van der Waals surface area contributed by atoms with Gasteiger partial charge in [0.25, 0.3) is 0 Å². The van der Waals surface area contributed by atoms with E-state index in [1.54, 1.807) is 13.0 Å². The highest BCUT2D eigenvalue weighted by atomic mass is 16.2. The maximum atomic E-state index is 11.1. The molecule has 0 aliphatic carbocycles. The van der Waals surface area contributed by atoms with Crippen molar-refractivity contribution < 1.29 is 4.79 Å². The van der Waals surface area contributed by atoms with Gasteiger partial charge in [-0.1, -0.05) is 33.1 Å². The molecule has 0 aromatic heterocycles. The van der Waals surface area contributed by atoms with E-state index in [9.17, 15) is 4.79 Å². The Morgan fingerprint density at radius 1 is 1.06 bits per heavy atom. The summed E-state index contributed by atoms with van der Waals surface area (Å²) < 4.78 is 0. The second kappa shape index (κ2) is 8.62. The summed E-state index contributed by atoms with van der Waals surface area (Å²) in [4.78, 5) is 15.2. The molecule has 1 aliphatic rings. The lowest BCUT2D eigenvalue weighted by Crippen LogP contribution is -2.47. The van der Waals surface area contributed by atoms with Gasteiger partial charge >= 0.3 is 0 Å². The molecule has 0 bridgehead atoms. The van der Waals surface area contributed by atoms with Gasteiger partial charge < -0.3 is 9.80 Å². The van der Waals surface area contributed by atoms with Gasteiger partial charge in [-0.3, -0.25) is 4.79 Å². The molecule has 0 aromatic carbocycles. The lowest BCUT2D eigenvalue weighted by atomic mass is 10.2. The zero-order chi connectivity index (χ0) is 13.3. The van der Waals surface area contributed by atoms with Crippen LogP contribution in [0.25, 0.3) is 0 Å². The number of piperazine rings is 1. The van der Waals surface area contributed by atoms with Crippen LogP contribution in [0.5, 0.6) is 0 Å². The number of rotatable bonds is 3. The fraction of sp³-hybridized carbons (Fsp3) is 0.500. The van der Waals surface area contributed by atoms with Crippen molar-refractivity contribution in [2.24, 2.45) is 0 Å². The third kappa shape index (κ3) is 4.89. The molecule has 1 heterocycles. The smallest absolute Gasteiger partial charge is 0.219 e. The SMILES string of the molecule is C=C/C=C(\C=C)N1CCN(C(C)=O)CC1.CC. The molecule has 0 aromatic rings. The van der Waals surface area contributed by atoms with Crippen molar-refractivity contribution >= 4 is 5.91 Å². The number of hydrogen-bond donors (Lipinski definition) is 0. The Bertz CT molecular complexity index is 287. The van der Waals surface area contributed by atoms with Crippen LogP contribution in [0, 0.1) is 0 Å². The highest BCUT2D eigenvalue weighted by Gasteiger charge is 2.18. The second-order valence-electron chi connectivity index (χ2n) is 3.52. The molecule has 17 heavy (non-hydrogen) atoms. The first kappa shape index (κ1) is 15.5. The molecule has 0 radical (unpaired) electrons. The van der Waals surface area contributed by atoms with Crippen LogP contribution in [0.4, 0.5) is 0 Å². The molecule has 0 N–H and O–H groups in total. The molecule has 0 spiro atoms. The molecular weight excluding hydrogens is 212 g/mol. The molecule has 3 heteroatoms. The number of amides is 1. The molecule has 1 rings (SSSR count). The van der Waals surface area contributed by atoms with E-state index < -0.39 is 0 Å². The maximum Gasteiger partial charge on any atom is 0.219 e. The highest BCUT2D eigenvalue weighted by Crippen LogP contribution is 2.10. The minimum absolute atomic E-state index is 0.155.